The topological polar surface area (TPSA) is 81.2 Å². The maximum absolute atomic E-state index is 14.9. The summed E-state index contributed by atoms with van der Waals surface area (Å²) in [6.45, 7) is 10.5. The number of anilines is 2. The Hall–Kier alpha value is -3.36. The smallest absolute Gasteiger partial charge is 0.251 e. The van der Waals surface area contributed by atoms with Gasteiger partial charge in [-0.1, -0.05) is 74.5 Å². The van der Waals surface area contributed by atoms with E-state index in [0.29, 0.717) is 13.1 Å². The minimum absolute atomic E-state index is 0.0922. The maximum Gasteiger partial charge on any atom is 0.251 e. The first-order chi connectivity index (χ1) is 20.1. The van der Waals surface area contributed by atoms with Crippen molar-refractivity contribution in [1.29, 1.82) is 0 Å². The summed E-state index contributed by atoms with van der Waals surface area (Å²) in [6, 6.07) is 14.1. The van der Waals surface area contributed by atoms with Gasteiger partial charge in [0.25, 0.3) is 5.91 Å². The van der Waals surface area contributed by atoms with E-state index in [-0.39, 0.29) is 30.2 Å². The predicted octanol–water partition coefficient (Wildman–Crippen LogP) is 4.51. The summed E-state index contributed by atoms with van der Waals surface area (Å²) in [5.74, 6) is -2.05. The van der Waals surface area contributed by atoms with Gasteiger partial charge in [-0.15, -0.1) is 11.8 Å². The number of fused-ring (bicyclic) bond motifs is 2. The molecule has 1 spiro atoms. The number of carbonyl (C=O) groups excluding carboxylic acids is 3. The molecule has 2 aromatic rings. The Kier molecular flexibility index (Phi) is 7.13. The van der Waals surface area contributed by atoms with Gasteiger partial charge in [0.2, 0.25) is 11.8 Å². The van der Waals surface area contributed by atoms with E-state index in [1.165, 1.54) is 0 Å². The molecule has 6 rings (SSSR count). The molecule has 0 aliphatic carbocycles. The molecule has 0 radical (unpaired) electrons. The van der Waals surface area contributed by atoms with E-state index >= 15 is 0 Å². The number of benzene rings is 2. The van der Waals surface area contributed by atoms with Crippen molar-refractivity contribution in [2.24, 2.45) is 17.8 Å². The van der Waals surface area contributed by atoms with Crippen LogP contribution < -0.4 is 9.80 Å². The predicted molar refractivity (Wildman–Crippen MR) is 167 cm³/mol. The van der Waals surface area contributed by atoms with Crippen LogP contribution in [0.3, 0.4) is 0 Å². The van der Waals surface area contributed by atoms with Gasteiger partial charge in [-0.3, -0.25) is 14.4 Å². The average Bonchev–Trinajstić information content (AvgIpc) is 3.22. The second-order valence-corrected chi connectivity index (χ2v) is 14.3. The normalized spacial score (nSPS) is 31.3. The number of rotatable bonds is 5. The fraction of sp³-hybridized carbons (Fsp3) is 0.441. The lowest BCUT2D eigenvalue weighted by Gasteiger charge is -2.41. The molecule has 6 atom stereocenters. The maximum atomic E-state index is 14.9. The third kappa shape index (κ3) is 4.09. The third-order valence-corrected chi connectivity index (χ3v) is 11.4. The summed E-state index contributed by atoms with van der Waals surface area (Å²) in [6.07, 6.45) is 8.13. The quantitative estimate of drug-likeness (QED) is 0.523. The van der Waals surface area contributed by atoms with Crippen molar-refractivity contribution in [3.05, 3.63) is 84.0 Å². The van der Waals surface area contributed by atoms with E-state index in [1.807, 2.05) is 101 Å². The molecule has 4 aliphatic rings. The summed E-state index contributed by atoms with van der Waals surface area (Å²) in [4.78, 5) is 49.4. The molecule has 8 heteroatoms. The van der Waals surface area contributed by atoms with Crippen LogP contribution in [-0.2, 0) is 14.4 Å². The lowest BCUT2D eigenvalue weighted by atomic mass is 9.74. The van der Waals surface area contributed by atoms with Crippen LogP contribution in [0, 0.1) is 31.6 Å². The highest BCUT2D eigenvalue weighted by molar-refractivity contribution is 8.02. The van der Waals surface area contributed by atoms with Crippen molar-refractivity contribution < 1.29 is 19.5 Å². The number of thioether (sulfide) groups is 1. The molecule has 2 fully saturated rings. The van der Waals surface area contributed by atoms with Crippen LogP contribution in [0.25, 0.3) is 0 Å². The summed E-state index contributed by atoms with van der Waals surface area (Å²) < 4.78 is -1.67. The number of likely N-dealkylation sites (tertiary alicyclic amines) is 1. The zero-order valence-electron chi connectivity index (χ0n) is 24.9. The van der Waals surface area contributed by atoms with Crippen molar-refractivity contribution in [1.82, 2.24) is 4.90 Å². The van der Waals surface area contributed by atoms with Crippen molar-refractivity contribution in [3.8, 4) is 0 Å². The lowest BCUT2D eigenvalue weighted by Crippen LogP contribution is -2.58. The van der Waals surface area contributed by atoms with Crippen LogP contribution in [0.15, 0.2) is 72.8 Å². The largest absolute Gasteiger partial charge is 0.394 e. The molecule has 2 saturated heterocycles. The van der Waals surface area contributed by atoms with Gasteiger partial charge in [0.05, 0.1) is 29.2 Å². The second kappa shape index (κ2) is 10.4. The minimum atomic E-state index is -0.971. The molecular formula is C34H39N3O4S. The number of carbonyl (C=O) groups is 3. The fourth-order valence-electron chi connectivity index (χ4n) is 7.71. The number of nitrogens with zero attached hydrogens (tertiary/aromatic N) is 3. The molecular weight excluding hydrogens is 546 g/mol. The molecule has 4 aliphatic heterocycles. The summed E-state index contributed by atoms with van der Waals surface area (Å²) in [5, 5.41) is 10.6. The number of para-hydroxylation sites is 2. The first-order valence-corrected chi connectivity index (χ1v) is 15.6. The molecule has 42 heavy (non-hydrogen) atoms. The van der Waals surface area contributed by atoms with Crippen LogP contribution in [0.2, 0.25) is 0 Å². The van der Waals surface area contributed by atoms with Crippen LogP contribution >= 0.6 is 11.8 Å². The third-order valence-electron chi connectivity index (χ3n) is 9.59. The van der Waals surface area contributed by atoms with Crippen LogP contribution in [0.1, 0.15) is 31.9 Å². The number of hydrogen-bond donors (Lipinski definition) is 1. The molecule has 0 saturated carbocycles. The van der Waals surface area contributed by atoms with E-state index in [9.17, 15) is 19.5 Å². The van der Waals surface area contributed by atoms with Crippen molar-refractivity contribution >= 4 is 40.9 Å². The molecule has 220 valence electrons. The highest BCUT2D eigenvalue weighted by atomic mass is 32.2. The van der Waals surface area contributed by atoms with Crippen molar-refractivity contribution in [2.75, 3.05) is 29.5 Å². The molecule has 1 unspecified atom stereocenters. The highest BCUT2D eigenvalue weighted by Crippen LogP contribution is 2.66. The summed E-state index contributed by atoms with van der Waals surface area (Å²) >= 11 is 1.57. The standard InChI is InChI=1S/C34H39N3O4S/c1-21(2)25(20-38)37-29-32(41)36(28-22(3)12-9-13-23(28)4)19-11-17-34(29)27(31(37)40)26-30(39)35(24-14-7-6-8-15-24)18-10-16-33(26,5)42-34/h6-17,21,25-27,29,38H,18-20H2,1-5H3/t25-,26-,27-,29?,33+,34-/m0/s1. The van der Waals surface area contributed by atoms with Gasteiger partial charge in [0.1, 0.15) is 6.04 Å². The molecule has 1 N–H and O–H groups in total. The van der Waals surface area contributed by atoms with Gasteiger partial charge >= 0.3 is 0 Å². The van der Waals surface area contributed by atoms with Gasteiger partial charge < -0.3 is 19.8 Å². The Bertz CT molecular complexity index is 1470. The summed E-state index contributed by atoms with van der Waals surface area (Å²) in [5.41, 5.74) is 3.59. The van der Waals surface area contributed by atoms with Crippen LogP contribution in [0.4, 0.5) is 11.4 Å². The number of hydrogen-bond acceptors (Lipinski definition) is 5. The number of amides is 3. The summed E-state index contributed by atoms with van der Waals surface area (Å²) in [7, 11) is 0. The second-order valence-electron chi connectivity index (χ2n) is 12.5. The zero-order valence-corrected chi connectivity index (χ0v) is 25.7. The first-order valence-electron chi connectivity index (χ1n) is 14.8. The van der Waals surface area contributed by atoms with Crippen molar-refractivity contribution in [3.63, 3.8) is 0 Å². The van der Waals surface area contributed by atoms with Gasteiger partial charge in [0, 0.05) is 29.2 Å². The van der Waals surface area contributed by atoms with Gasteiger partial charge in [-0.25, -0.2) is 0 Å². The zero-order chi connectivity index (χ0) is 30.0. The molecule has 4 heterocycles. The Morgan fingerprint density at radius 3 is 2.14 bits per heavy atom. The van der Waals surface area contributed by atoms with Gasteiger partial charge in [-0.2, -0.15) is 0 Å². The van der Waals surface area contributed by atoms with E-state index < -0.39 is 33.4 Å². The van der Waals surface area contributed by atoms with Gasteiger partial charge in [-0.05, 0) is 49.9 Å². The monoisotopic (exact) mass is 585 g/mol. The van der Waals surface area contributed by atoms with Crippen LogP contribution in [-0.4, -0.2) is 69.0 Å². The fourth-order valence-corrected chi connectivity index (χ4v) is 9.85. The lowest BCUT2D eigenvalue weighted by molar-refractivity contribution is -0.143. The Morgan fingerprint density at radius 1 is 0.857 bits per heavy atom. The minimum Gasteiger partial charge on any atom is -0.394 e. The first kappa shape index (κ1) is 28.7. The van der Waals surface area contributed by atoms with Gasteiger partial charge in [0.15, 0.2) is 0 Å². The molecule has 0 bridgehead atoms. The Morgan fingerprint density at radius 2 is 1.50 bits per heavy atom. The Labute approximate surface area is 252 Å². The van der Waals surface area contributed by atoms with Crippen LogP contribution in [0.5, 0.6) is 0 Å². The number of aryl methyl sites for hydroxylation is 2. The van der Waals surface area contributed by atoms with E-state index in [1.54, 1.807) is 26.5 Å². The molecule has 2 aromatic carbocycles. The van der Waals surface area contributed by atoms with E-state index in [4.69, 9.17) is 0 Å². The molecule has 3 amide bonds. The Balaban J connectivity index is 1.53. The highest BCUT2D eigenvalue weighted by Gasteiger charge is 2.74. The average molecular weight is 586 g/mol. The number of aliphatic hydroxyl groups excluding tert-OH is 1. The van der Waals surface area contributed by atoms with Crippen molar-refractivity contribution in [2.45, 2.75) is 56.2 Å². The van der Waals surface area contributed by atoms with E-state index in [2.05, 4.69) is 6.08 Å². The molecule has 0 aromatic heterocycles. The number of aliphatic hydroxyl groups is 1. The SMILES string of the molecule is Cc1cccc(C)c1N1CC=C[C@]23S[C@]4(C)C=CCN(c5ccccc5)C(=O)[C@@H]4[C@H]2C(=O)N([C@@H](CO)C(C)C)C3C1=O. The molecule has 7 nitrogen and oxygen atoms in total. The van der Waals surface area contributed by atoms with E-state index in [0.717, 1.165) is 22.5 Å².